The third kappa shape index (κ3) is 2.96. The lowest BCUT2D eigenvalue weighted by Crippen LogP contribution is -2.40. The largest absolute Gasteiger partial charge is 0.493 e. The number of ether oxygens (including phenoxy) is 1. The topological polar surface area (TPSA) is 58.2 Å². The van der Waals surface area contributed by atoms with E-state index in [0.717, 1.165) is 56.0 Å². The molecule has 0 spiro atoms. The van der Waals surface area contributed by atoms with Crippen LogP contribution in [-0.4, -0.2) is 40.7 Å². The summed E-state index contributed by atoms with van der Waals surface area (Å²) in [6, 6.07) is 8.14. The molecule has 3 heterocycles. The predicted octanol–water partition coefficient (Wildman–Crippen LogP) is 2.29. The van der Waals surface area contributed by atoms with Crippen LogP contribution in [0, 0.1) is 0 Å². The number of fused-ring (bicyclic) bond motifs is 1. The fourth-order valence-corrected chi connectivity index (χ4v) is 3.59. The highest BCUT2D eigenvalue weighted by molar-refractivity contribution is 5.79. The minimum Gasteiger partial charge on any atom is -0.493 e. The number of amides is 1. The van der Waals surface area contributed by atoms with E-state index in [2.05, 4.69) is 16.3 Å². The second-order valence-electron chi connectivity index (χ2n) is 6.41. The van der Waals surface area contributed by atoms with Crippen molar-refractivity contribution >= 4 is 5.91 Å². The Morgan fingerprint density at radius 2 is 2.35 bits per heavy atom. The van der Waals surface area contributed by atoms with Gasteiger partial charge in [0.1, 0.15) is 5.75 Å². The summed E-state index contributed by atoms with van der Waals surface area (Å²) in [5.74, 6) is 1.56. The van der Waals surface area contributed by atoms with Crippen molar-refractivity contribution in [1.82, 2.24) is 15.1 Å². The van der Waals surface area contributed by atoms with Gasteiger partial charge in [-0.25, -0.2) is 0 Å². The Morgan fingerprint density at radius 3 is 3.22 bits per heavy atom. The molecule has 0 saturated carbocycles. The Bertz CT molecular complexity index is 696. The molecule has 1 amide bonds. The predicted molar refractivity (Wildman–Crippen MR) is 86.5 cm³/mol. The van der Waals surface area contributed by atoms with Gasteiger partial charge in [-0.1, -0.05) is 12.1 Å². The van der Waals surface area contributed by atoms with Gasteiger partial charge in [0, 0.05) is 37.3 Å². The highest BCUT2D eigenvalue weighted by Crippen LogP contribution is 2.28. The van der Waals surface area contributed by atoms with Crippen LogP contribution < -0.4 is 4.74 Å². The zero-order chi connectivity index (χ0) is 15.6. The first-order valence-corrected chi connectivity index (χ1v) is 8.31. The van der Waals surface area contributed by atoms with Gasteiger partial charge < -0.3 is 9.64 Å². The van der Waals surface area contributed by atoms with E-state index in [-0.39, 0.29) is 5.91 Å². The number of nitrogens with zero attached hydrogens (tertiary/aromatic N) is 2. The molecule has 1 atom stereocenters. The van der Waals surface area contributed by atoms with Gasteiger partial charge in [-0.05, 0) is 36.1 Å². The number of nitrogens with one attached hydrogen (secondary N) is 1. The number of likely N-dealkylation sites (tertiary alicyclic amines) is 1. The van der Waals surface area contributed by atoms with Crippen molar-refractivity contribution in [3.63, 3.8) is 0 Å². The molecule has 4 rings (SSSR count). The minimum atomic E-state index is 0.216. The Balaban J connectivity index is 1.42. The molecule has 0 unspecified atom stereocenters. The van der Waals surface area contributed by atoms with E-state index in [1.807, 2.05) is 23.1 Å². The van der Waals surface area contributed by atoms with Gasteiger partial charge in [-0.15, -0.1) is 0 Å². The first kappa shape index (κ1) is 14.3. The quantitative estimate of drug-likeness (QED) is 0.946. The number of carbonyl (C=O) groups is 1. The fraction of sp³-hybridized carbons (Fsp3) is 0.444. The summed E-state index contributed by atoms with van der Waals surface area (Å²) in [6.45, 7) is 2.40. The first-order chi connectivity index (χ1) is 11.3. The fourth-order valence-electron chi connectivity index (χ4n) is 3.59. The zero-order valence-corrected chi connectivity index (χ0v) is 13.1. The van der Waals surface area contributed by atoms with E-state index in [0.29, 0.717) is 12.3 Å². The number of rotatable bonds is 3. The minimum absolute atomic E-state index is 0.216. The van der Waals surface area contributed by atoms with Crippen molar-refractivity contribution in [2.75, 3.05) is 19.7 Å². The molecule has 1 aromatic carbocycles. The van der Waals surface area contributed by atoms with Crippen LogP contribution in [0.4, 0.5) is 0 Å². The molecule has 1 N–H and O–H groups in total. The van der Waals surface area contributed by atoms with Crippen molar-refractivity contribution in [3.8, 4) is 5.75 Å². The zero-order valence-electron chi connectivity index (χ0n) is 13.1. The van der Waals surface area contributed by atoms with Gasteiger partial charge in [0.2, 0.25) is 5.91 Å². The maximum atomic E-state index is 12.7. The number of aromatic amines is 1. The number of piperidine rings is 1. The molecule has 1 saturated heterocycles. The van der Waals surface area contributed by atoms with Crippen molar-refractivity contribution in [2.45, 2.75) is 31.6 Å². The lowest BCUT2D eigenvalue weighted by Gasteiger charge is -2.32. The molecule has 120 valence electrons. The summed E-state index contributed by atoms with van der Waals surface area (Å²) in [7, 11) is 0. The number of aromatic nitrogens is 2. The van der Waals surface area contributed by atoms with Crippen LogP contribution in [0.2, 0.25) is 0 Å². The van der Waals surface area contributed by atoms with Crippen LogP contribution >= 0.6 is 0 Å². The molecule has 23 heavy (non-hydrogen) atoms. The average Bonchev–Trinajstić information content (AvgIpc) is 3.26. The SMILES string of the molecule is O=C(Cc1ccc2c(c1)CCO2)N1CCC[C@@H](c2ccn[nH]2)C1. The number of hydrogen-bond donors (Lipinski definition) is 1. The van der Waals surface area contributed by atoms with Crippen molar-refractivity contribution in [2.24, 2.45) is 0 Å². The molecule has 5 nitrogen and oxygen atoms in total. The smallest absolute Gasteiger partial charge is 0.227 e. The third-order valence-corrected chi connectivity index (χ3v) is 4.85. The number of benzene rings is 1. The standard InChI is InChI=1S/C18H21N3O2/c22-18(11-13-3-4-17-14(10-13)6-9-23-17)21-8-1-2-15(12-21)16-5-7-19-20-16/h3-5,7,10,15H,1-2,6,8-9,11-12H2,(H,19,20)/t15-/m1/s1. The van der Waals surface area contributed by atoms with Crippen LogP contribution in [0.25, 0.3) is 0 Å². The molecule has 2 aliphatic heterocycles. The number of carbonyl (C=O) groups excluding carboxylic acids is 1. The van der Waals surface area contributed by atoms with Gasteiger partial charge in [-0.3, -0.25) is 9.89 Å². The molecule has 5 heteroatoms. The van der Waals surface area contributed by atoms with E-state index < -0.39 is 0 Å². The van der Waals surface area contributed by atoms with Crippen molar-refractivity contribution < 1.29 is 9.53 Å². The monoisotopic (exact) mass is 311 g/mol. The maximum Gasteiger partial charge on any atom is 0.227 e. The number of H-pyrrole nitrogens is 1. The highest BCUT2D eigenvalue weighted by atomic mass is 16.5. The van der Waals surface area contributed by atoms with Crippen molar-refractivity contribution in [1.29, 1.82) is 0 Å². The van der Waals surface area contributed by atoms with Crippen LogP contribution in [-0.2, 0) is 17.6 Å². The molecular formula is C18H21N3O2. The van der Waals surface area contributed by atoms with E-state index in [9.17, 15) is 4.79 Å². The van der Waals surface area contributed by atoms with Gasteiger partial charge >= 0.3 is 0 Å². The summed E-state index contributed by atoms with van der Waals surface area (Å²) < 4.78 is 5.53. The van der Waals surface area contributed by atoms with Gasteiger partial charge in [0.25, 0.3) is 0 Å². The van der Waals surface area contributed by atoms with Crippen LogP contribution in [0.15, 0.2) is 30.5 Å². The second-order valence-corrected chi connectivity index (χ2v) is 6.41. The van der Waals surface area contributed by atoms with Crippen molar-refractivity contribution in [3.05, 3.63) is 47.3 Å². The summed E-state index contributed by atoms with van der Waals surface area (Å²) >= 11 is 0. The molecule has 2 aromatic rings. The van der Waals surface area contributed by atoms with Gasteiger partial charge in [0.05, 0.1) is 13.0 Å². The Morgan fingerprint density at radius 1 is 1.39 bits per heavy atom. The molecule has 1 aromatic heterocycles. The van der Waals surface area contributed by atoms with Crippen LogP contribution in [0.1, 0.15) is 35.6 Å². The average molecular weight is 311 g/mol. The summed E-state index contributed by atoms with van der Waals surface area (Å²) in [5.41, 5.74) is 3.45. The lowest BCUT2D eigenvalue weighted by atomic mass is 9.94. The molecule has 2 aliphatic rings. The van der Waals surface area contributed by atoms with E-state index in [4.69, 9.17) is 4.74 Å². The summed E-state index contributed by atoms with van der Waals surface area (Å²) in [4.78, 5) is 14.7. The van der Waals surface area contributed by atoms with Crippen LogP contribution in [0.5, 0.6) is 5.75 Å². The Labute approximate surface area is 135 Å². The second kappa shape index (κ2) is 6.07. The van der Waals surface area contributed by atoms with Crippen LogP contribution in [0.3, 0.4) is 0 Å². The summed E-state index contributed by atoms with van der Waals surface area (Å²) in [5, 5.41) is 7.07. The summed E-state index contributed by atoms with van der Waals surface area (Å²) in [6.07, 6.45) is 5.37. The lowest BCUT2D eigenvalue weighted by molar-refractivity contribution is -0.131. The van der Waals surface area contributed by atoms with E-state index >= 15 is 0 Å². The highest BCUT2D eigenvalue weighted by Gasteiger charge is 2.25. The maximum absolute atomic E-state index is 12.7. The third-order valence-electron chi connectivity index (χ3n) is 4.85. The first-order valence-electron chi connectivity index (χ1n) is 8.31. The van der Waals surface area contributed by atoms with Gasteiger partial charge in [0.15, 0.2) is 0 Å². The molecular weight excluding hydrogens is 290 g/mol. The Kier molecular flexibility index (Phi) is 3.77. The van der Waals surface area contributed by atoms with E-state index in [1.54, 1.807) is 6.20 Å². The molecule has 0 bridgehead atoms. The number of hydrogen-bond acceptors (Lipinski definition) is 3. The molecule has 1 fully saturated rings. The Hall–Kier alpha value is -2.30. The molecule has 0 aliphatic carbocycles. The normalized spacial score (nSPS) is 20.2. The van der Waals surface area contributed by atoms with E-state index in [1.165, 1.54) is 5.56 Å². The van der Waals surface area contributed by atoms with Gasteiger partial charge in [-0.2, -0.15) is 5.10 Å². The molecule has 0 radical (unpaired) electrons.